The van der Waals surface area contributed by atoms with Crippen molar-refractivity contribution >= 4 is 38.4 Å². The number of ketones is 1. The van der Waals surface area contributed by atoms with Gasteiger partial charge in [0.15, 0.2) is 5.78 Å². The third-order valence-corrected chi connectivity index (χ3v) is 8.55. The Bertz CT molecular complexity index is 1360. The van der Waals surface area contributed by atoms with E-state index in [1.807, 2.05) is 6.07 Å². The molecule has 1 amide bonds. The van der Waals surface area contributed by atoms with Crippen molar-refractivity contribution < 1.29 is 22.7 Å². The highest BCUT2D eigenvalue weighted by molar-refractivity contribution is 7.89. The van der Waals surface area contributed by atoms with Gasteiger partial charge in [0.05, 0.1) is 15.9 Å². The normalized spacial score (nSPS) is 21.3. The largest absolute Gasteiger partial charge is 0.370 e. The third-order valence-electron chi connectivity index (χ3n) is 6.63. The molecule has 5 rings (SSSR count). The molecule has 0 bridgehead atoms. The van der Waals surface area contributed by atoms with Gasteiger partial charge in [-0.15, -0.1) is 0 Å². The van der Waals surface area contributed by atoms with E-state index in [0.29, 0.717) is 24.1 Å². The lowest BCUT2D eigenvalue weighted by Crippen LogP contribution is -2.49. The maximum Gasteiger partial charge on any atom is 0.243 e. The van der Waals surface area contributed by atoms with Crippen LogP contribution in [0, 0.1) is 0 Å². The van der Waals surface area contributed by atoms with E-state index in [1.165, 1.54) is 35.5 Å². The summed E-state index contributed by atoms with van der Waals surface area (Å²) in [5.74, 6) is 0.273. The molecule has 10 heteroatoms. The Morgan fingerprint density at radius 3 is 2.60 bits per heavy atom. The molecule has 2 saturated heterocycles. The van der Waals surface area contributed by atoms with Gasteiger partial charge >= 0.3 is 0 Å². The van der Waals surface area contributed by atoms with Crippen LogP contribution in [0.25, 0.3) is 11.0 Å². The minimum atomic E-state index is -3.90. The molecule has 2 unspecified atom stereocenters. The minimum Gasteiger partial charge on any atom is -0.370 e. The lowest BCUT2D eigenvalue weighted by molar-refractivity contribution is -0.120. The molecule has 184 valence electrons. The van der Waals surface area contributed by atoms with Crippen LogP contribution in [0.5, 0.6) is 0 Å². The first kappa shape index (κ1) is 23.7. The fraction of sp³-hybridized carbons (Fsp3) is 0.400. The average Bonchev–Trinajstić information content (AvgIpc) is 3.54. The predicted octanol–water partition coefficient (Wildman–Crippen LogP) is 3.80. The summed E-state index contributed by atoms with van der Waals surface area (Å²) in [6.45, 7) is 2.42. The van der Waals surface area contributed by atoms with Crippen molar-refractivity contribution in [3.8, 4) is 0 Å². The number of nitrogens with one attached hydrogen (secondary N) is 2. The molecule has 3 aromatic rings. The SMILES string of the molecule is CC(=O)c1ccc(S(=O)(=O)N2CCCCC2C(=O)Nc2ccc3nc(C4CCCO4)[nH]c3c2)cc1. The number of H-pyrrole nitrogens is 1. The van der Waals surface area contributed by atoms with Gasteiger partial charge in [-0.3, -0.25) is 9.59 Å². The highest BCUT2D eigenvalue weighted by Gasteiger charge is 2.37. The summed E-state index contributed by atoms with van der Waals surface area (Å²) in [6.07, 6.45) is 3.77. The van der Waals surface area contributed by atoms with Crippen molar-refractivity contribution in [2.24, 2.45) is 0 Å². The molecule has 2 fully saturated rings. The number of anilines is 1. The topological polar surface area (TPSA) is 121 Å². The van der Waals surface area contributed by atoms with Crippen LogP contribution in [0.3, 0.4) is 0 Å². The number of aromatic amines is 1. The van der Waals surface area contributed by atoms with E-state index in [0.717, 1.165) is 42.7 Å². The van der Waals surface area contributed by atoms with E-state index in [2.05, 4.69) is 15.3 Å². The molecular formula is C25H28N4O5S. The standard InChI is InChI=1S/C25H28N4O5S/c1-16(30)17-7-10-19(11-8-17)35(32,33)29-13-3-2-5-22(29)25(31)26-18-9-12-20-21(15-18)28-24(27-20)23-6-4-14-34-23/h7-12,15,22-23H,2-6,13-14H2,1H3,(H,26,31)(H,27,28). The quantitative estimate of drug-likeness (QED) is 0.501. The number of aromatic nitrogens is 2. The molecule has 0 saturated carbocycles. The summed E-state index contributed by atoms with van der Waals surface area (Å²) in [4.78, 5) is 32.7. The maximum atomic E-state index is 13.4. The fourth-order valence-corrected chi connectivity index (χ4v) is 6.39. The molecule has 2 atom stereocenters. The molecule has 35 heavy (non-hydrogen) atoms. The predicted molar refractivity (Wildman–Crippen MR) is 131 cm³/mol. The lowest BCUT2D eigenvalue weighted by atomic mass is 10.0. The average molecular weight is 497 g/mol. The monoisotopic (exact) mass is 496 g/mol. The number of imidazole rings is 1. The number of hydrogen-bond acceptors (Lipinski definition) is 6. The molecule has 2 N–H and O–H groups in total. The van der Waals surface area contributed by atoms with Gasteiger partial charge in [0.25, 0.3) is 0 Å². The molecule has 9 nitrogen and oxygen atoms in total. The van der Waals surface area contributed by atoms with Crippen LogP contribution in [-0.2, 0) is 19.6 Å². The van der Waals surface area contributed by atoms with Gasteiger partial charge in [-0.05, 0) is 62.9 Å². The van der Waals surface area contributed by atoms with E-state index >= 15 is 0 Å². The summed E-state index contributed by atoms with van der Waals surface area (Å²) in [6, 6.07) is 10.4. The summed E-state index contributed by atoms with van der Waals surface area (Å²) in [7, 11) is -3.90. The molecule has 2 aliphatic heterocycles. The number of fused-ring (bicyclic) bond motifs is 1. The van der Waals surface area contributed by atoms with Crippen LogP contribution in [0.15, 0.2) is 47.4 Å². The number of Topliss-reactive ketones (excluding diaryl/α,β-unsaturated/α-hetero) is 1. The minimum absolute atomic E-state index is 0.0362. The lowest BCUT2D eigenvalue weighted by Gasteiger charge is -2.33. The summed E-state index contributed by atoms with van der Waals surface area (Å²) >= 11 is 0. The van der Waals surface area contributed by atoms with Gasteiger partial charge in [-0.1, -0.05) is 18.6 Å². The van der Waals surface area contributed by atoms with Gasteiger partial charge in [-0.2, -0.15) is 4.31 Å². The van der Waals surface area contributed by atoms with Gasteiger partial charge in [0.1, 0.15) is 18.0 Å². The number of carbonyl (C=O) groups excluding carboxylic acids is 2. The van der Waals surface area contributed by atoms with Gasteiger partial charge in [0.2, 0.25) is 15.9 Å². The van der Waals surface area contributed by atoms with Crippen molar-refractivity contribution in [1.29, 1.82) is 0 Å². The number of amides is 1. The van der Waals surface area contributed by atoms with Crippen molar-refractivity contribution in [3.63, 3.8) is 0 Å². The third kappa shape index (κ3) is 4.73. The zero-order valence-electron chi connectivity index (χ0n) is 19.5. The maximum absolute atomic E-state index is 13.4. The second kappa shape index (κ2) is 9.52. The first-order chi connectivity index (χ1) is 16.8. The summed E-state index contributed by atoms with van der Waals surface area (Å²) in [5.41, 5.74) is 2.57. The number of sulfonamides is 1. The number of nitrogens with zero attached hydrogens (tertiary/aromatic N) is 2. The fourth-order valence-electron chi connectivity index (χ4n) is 4.73. The van der Waals surface area contributed by atoms with Crippen LogP contribution in [0.2, 0.25) is 0 Å². The first-order valence-electron chi connectivity index (χ1n) is 11.9. The van der Waals surface area contributed by atoms with E-state index in [9.17, 15) is 18.0 Å². The molecule has 3 heterocycles. The molecule has 1 aromatic heterocycles. The second-order valence-electron chi connectivity index (χ2n) is 9.05. The highest BCUT2D eigenvalue weighted by atomic mass is 32.2. The number of hydrogen-bond donors (Lipinski definition) is 2. The molecular weight excluding hydrogens is 468 g/mol. The van der Waals surface area contributed by atoms with E-state index in [1.54, 1.807) is 12.1 Å². The van der Waals surface area contributed by atoms with Crippen molar-refractivity contribution in [2.45, 2.75) is 56.1 Å². The van der Waals surface area contributed by atoms with E-state index in [-0.39, 0.29) is 29.2 Å². The molecule has 2 aliphatic rings. The van der Waals surface area contributed by atoms with Gasteiger partial charge in [-0.25, -0.2) is 13.4 Å². The van der Waals surface area contributed by atoms with Crippen molar-refractivity contribution in [3.05, 3.63) is 53.9 Å². The Morgan fingerprint density at radius 2 is 1.89 bits per heavy atom. The van der Waals surface area contributed by atoms with E-state index < -0.39 is 16.1 Å². The highest BCUT2D eigenvalue weighted by Crippen LogP contribution is 2.30. The molecule has 2 aromatic carbocycles. The molecule has 0 radical (unpaired) electrons. The Balaban J connectivity index is 1.35. The number of ether oxygens (including phenoxy) is 1. The van der Waals surface area contributed by atoms with Gasteiger partial charge in [0, 0.05) is 24.4 Å². The van der Waals surface area contributed by atoms with Crippen LogP contribution in [0.1, 0.15) is 61.3 Å². The Labute approximate surface area is 203 Å². The Kier molecular flexibility index (Phi) is 6.43. The summed E-state index contributed by atoms with van der Waals surface area (Å²) in [5, 5.41) is 2.89. The second-order valence-corrected chi connectivity index (χ2v) is 10.9. The number of piperidine rings is 1. The summed E-state index contributed by atoms with van der Waals surface area (Å²) < 4.78 is 33.7. The van der Waals surface area contributed by atoms with Crippen molar-refractivity contribution in [2.75, 3.05) is 18.5 Å². The van der Waals surface area contributed by atoms with E-state index in [4.69, 9.17) is 4.74 Å². The smallest absolute Gasteiger partial charge is 0.243 e. The van der Waals surface area contributed by atoms with Crippen LogP contribution >= 0.6 is 0 Å². The molecule has 0 aliphatic carbocycles. The Morgan fingerprint density at radius 1 is 1.09 bits per heavy atom. The Hall–Kier alpha value is -3.08. The van der Waals surface area contributed by atoms with Crippen LogP contribution < -0.4 is 5.32 Å². The number of carbonyl (C=O) groups is 2. The van der Waals surface area contributed by atoms with Crippen LogP contribution in [0.4, 0.5) is 5.69 Å². The number of benzene rings is 2. The zero-order valence-corrected chi connectivity index (χ0v) is 20.3. The number of rotatable bonds is 6. The van der Waals surface area contributed by atoms with Gasteiger partial charge < -0.3 is 15.0 Å². The van der Waals surface area contributed by atoms with Crippen molar-refractivity contribution in [1.82, 2.24) is 14.3 Å². The van der Waals surface area contributed by atoms with Crippen LogP contribution in [-0.4, -0.2) is 53.6 Å². The molecule has 0 spiro atoms. The first-order valence-corrected chi connectivity index (χ1v) is 13.3. The zero-order chi connectivity index (χ0) is 24.6.